The van der Waals surface area contributed by atoms with Crippen molar-refractivity contribution in [2.45, 2.75) is 13.2 Å². The number of ether oxygens (including phenoxy) is 1. The van der Waals surface area contributed by atoms with Gasteiger partial charge in [-0.25, -0.2) is 8.78 Å². The molecule has 0 aliphatic heterocycles. The van der Waals surface area contributed by atoms with Crippen molar-refractivity contribution in [3.05, 3.63) is 64.2 Å². The Kier molecular flexibility index (Phi) is 4.35. The molecule has 2 N–H and O–H groups in total. The first-order chi connectivity index (χ1) is 9.10. The molecule has 5 heteroatoms. The SMILES string of the molecule is NCc1cc(F)cc(OCc2c(F)cccc2Cl)c1. The third kappa shape index (κ3) is 3.43. The normalized spacial score (nSPS) is 10.5. The first-order valence-corrected chi connectivity index (χ1v) is 6.03. The lowest BCUT2D eigenvalue weighted by Gasteiger charge is -2.10. The van der Waals surface area contributed by atoms with Crippen LogP contribution in [0.2, 0.25) is 5.02 Å². The Balaban J connectivity index is 2.16. The summed E-state index contributed by atoms with van der Waals surface area (Å²) in [7, 11) is 0. The lowest BCUT2D eigenvalue weighted by atomic mass is 10.2. The van der Waals surface area contributed by atoms with Crippen molar-refractivity contribution in [2.24, 2.45) is 5.73 Å². The molecule has 0 unspecified atom stereocenters. The first kappa shape index (κ1) is 13.8. The van der Waals surface area contributed by atoms with Gasteiger partial charge in [-0.15, -0.1) is 0 Å². The van der Waals surface area contributed by atoms with Gasteiger partial charge in [-0.2, -0.15) is 0 Å². The molecular weight excluding hydrogens is 272 g/mol. The molecule has 2 aromatic carbocycles. The Morgan fingerprint density at radius 3 is 2.63 bits per heavy atom. The summed E-state index contributed by atoms with van der Waals surface area (Å²) in [4.78, 5) is 0. The Labute approximate surface area is 114 Å². The van der Waals surface area contributed by atoms with Crippen LogP contribution in [0.25, 0.3) is 0 Å². The molecule has 0 heterocycles. The molecule has 0 amide bonds. The van der Waals surface area contributed by atoms with E-state index in [-0.39, 0.29) is 23.7 Å². The molecule has 19 heavy (non-hydrogen) atoms. The van der Waals surface area contributed by atoms with Crippen LogP contribution >= 0.6 is 11.6 Å². The van der Waals surface area contributed by atoms with Gasteiger partial charge < -0.3 is 10.5 Å². The molecule has 0 bridgehead atoms. The average molecular weight is 284 g/mol. The van der Waals surface area contributed by atoms with Gasteiger partial charge in [0.1, 0.15) is 24.0 Å². The van der Waals surface area contributed by atoms with Crippen LogP contribution in [0.1, 0.15) is 11.1 Å². The molecule has 0 radical (unpaired) electrons. The molecule has 0 saturated heterocycles. The highest BCUT2D eigenvalue weighted by molar-refractivity contribution is 6.31. The minimum atomic E-state index is -0.456. The number of benzene rings is 2. The molecule has 2 nitrogen and oxygen atoms in total. The highest BCUT2D eigenvalue weighted by Gasteiger charge is 2.08. The number of hydrogen-bond acceptors (Lipinski definition) is 2. The molecule has 100 valence electrons. The maximum Gasteiger partial charge on any atom is 0.131 e. The van der Waals surface area contributed by atoms with Gasteiger partial charge in [-0.3, -0.25) is 0 Å². The smallest absolute Gasteiger partial charge is 0.131 e. The Morgan fingerprint density at radius 2 is 1.95 bits per heavy atom. The van der Waals surface area contributed by atoms with Crippen molar-refractivity contribution in [2.75, 3.05) is 0 Å². The molecule has 0 aliphatic rings. The summed E-state index contributed by atoms with van der Waals surface area (Å²) in [6.45, 7) is 0.132. The Bertz CT molecular complexity index is 569. The largest absolute Gasteiger partial charge is 0.489 e. The quantitative estimate of drug-likeness (QED) is 0.929. The second-order valence-electron chi connectivity index (χ2n) is 3.99. The van der Waals surface area contributed by atoms with Crippen LogP contribution in [0.15, 0.2) is 36.4 Å². The molecule has 0 spiro atoms. The van der Waals surface area contributed by atoms with Gasteiger partial charge in [0.25, 0.3) is 0 Å². The summed E-state index contributed by atoms with van der Waals surface area (Å²) < 4.78 is 32.1. The molecule has 2 rings (SSSR count). The minimum Gasteiger partial charge on any atom is -0.489 e. The van der Waals surface area contributed by atoms with E-state index in [0.717, 1.165) is 0 Å². The van der Waals surface area contributed by atoms with Crippen LogP contribution in [0.5, 0.6) is 5.75 Å². The van der Waals surface area contributed by atoms with Crippen LogP contribution in [-0.2, 0) is 13.2 Å². The van der Waals surface area contributed by atoms with E-state index in [9.17, 15) is 8.78 Å². The zero-order valence-corrected chi connectivity index (χ0v) is 10.8. The predicted molar refractivity (Wildman–Crippen MR) is 70.0 cm³/mol. The Hall–Kier alpha value is -1.65. The number of halogens is 3. The third-order valence-electron chi connectivity index (χ3n) is 2.61. The third-order valence-corrected chi connectivity index (χ3v) is 2.97. The second kappa shape index (κ2) is 5.99. The van der Waals surface area contributed by atoms with Crippen molar-refractivity contribution in [3.8, 4) is 5.75 Å². The van der Waals surface area contributed by atoms with Gasteiger partial charge in [0.05, 0.1) is 5.02 Å². The summed E-state index contributed by atoms with van der Waals surface area (Å²) >= 11 is 5.87. The van der Waals surface area contributed by atoms with Gasteiger partial charge in [0.15, 0.2) is 0 Å². The molecule has 0 aliphatic carbocycles. The maximum atomic E-state index is 13.5. The van der Waals surface area contributed by atoms with E-state index in [0.29, 0.717) is 11.3 Å². The lowest BCUT2D eigenvalue weighted by molar-refractivity contribution is 0.298. The summed E-state index contributed by atoms with van der Waals surface area (Å²) in [5, 5.41) is 0.274. The minimum absolute atomic E-state index is 0.0705. The van der Waals surface area contributed by atoms with E-state index in [1.54, 1.807) is 12.1 Å². The van der Waals surface area contributed by atoms with Crippen molar-refractivity contribution < 1.29 is 13.5 Å². The molecular formula is C14H12ClF2NO. The van der Waals surface area contributed by atoms with Crippen molar-refractivity contribution in [1.82, 2.24) is 0 Å². The van der Waals surface area contributed by atoms with E-state index in [1.165, 1.54) is 24.3 Å². The topological polar surface area (TPSA) is 35.2 Å². The fourth-order valence-electron chi connectivity index (χ4n) is 1.65. The van der Waals surface area contributed by atoms with E-state index in [2.05, 4.69) is 0 Å². The van der Waals surface area contributed by atoms with Gasteiger partial charge >= 0.3 is 0 Å². The average Bonchev–Trinajstić information content (AvgIpc) is 2.37. The standard InChI is InChI=1S/C14H12ClF2NO/c15-13-2-1-3-14(17)12(13)8-19-11-5-9(7-18)4-10(16)6-11/h1-6H,7-8,18H2. The maximum absolute atomic E-state index is 13.5. The van der Waals surface area contributed by atoms with Gasteiger partial charge in [0.2, 0.25) is 0 Å². The fourth-order valence-corrected chi connectivity index (χ4v) is 1.87. The molecule has 0 aromatic heterocycles. The summed E-state index contributed by atoms with van der Waals surface area (Å²) in [6.07, 6.45) is 0. The van der Waals surface area contributed by atoms with E-state index < -0.39 is 11.6 Å². The molecule has 0 atom stereocenters. The highest BCUT2D eigenvalue weighted by atomic mass is 35.5. The highest BCUT2D eigenvalue weighted by Crippen LogP contribution is 2.22. The van der Waals surface area contributed by atoms with E-state index in [1.807, 2.05) is 0 Å². The first-order valence-electron chi connectivity index (χ1n) is 5.65. The molecule has 0 fully saturated rings. The van der Waals surface area contributed by atoms with Crippen LogP contribution < -0.4 is 10.5 Å². The molecule has 0 saturated carbocycles. The summed E-state index contributed by atoms with van der Waals surface area (Å²) in [5.41, 5.74) is 6.28. The van der Waals surface area contributed by atoms with Crippen LogP contribution in [0, 0.1) is 11.6 Å². The van der Waals surface area contributed by atoms with Crippen molar-refractivity contribution in [3.63, 3.8) is 0 Å². The van der Waals surface area contributed by atoms with Gasteiger partial charge in [0, 0.05) is 18.2 Å². The zero-order valence-electron chi connectivity index (χ0n) is 10.00. The molecule has 2 aromatic rings. The van der Waals surface area contributed by atoms with Crippen molar-refractivity contribution in [1.29, 1.82) is 0 Å². The van der Waals surface area contributed by atoms with E-state index in [4.69, 9.17) is 22.1 Å². The van der Waals surface area contributed by atoms with Crippen LogP contribution in [0.4, 0.5) is 8.78 Å². The predicted octanol–water partition coefficient (Wildman–Crippen LogP) is 3.66. The Morgan fingerprint density at radius 1 is 1.16 bits per heavy atom. The van der Waals surface area contributed by atoms with Crippen molar-refractivity contribution >= 4 is 11.6 Å². The number of hydrogen-bond donors (Lipinski definition) is 1. The van der Waals surface area contributed by atoms with Crippen LogP contribution in [-0.4, -0.2) is 0 Å². The number of rotatable bonds is 4. The fraction of sp³-hybridized carbons (Fsp3) is 0.143. The summed E-state index contributed by atoms with van der Waals surface area (Å²) in [5.74, 6) is -0.611. The lowest BCUT2D eigenvalue weighted by Crippen LogP contribution is -2.02. The second-order valence-corrected chi connectivity index (χ2v) is 4.40. The van der Waals surface area contributed by atoms with Crippen LogP contribution in [0.3, 0.4) is 0 Å². The zero-order chi connectivity index (χ0) is 13.8. The monoisotopic (exact) mass is 283 g/mol. The van der Waals surface area contributed by atoms with E-state index >= 15 is 0 Å². The summed E-state index contributed by atoms with van der Waals surface area (Å²) in [6, 6.07) is 8.52. The van der Waals surface area contributed by atoms with Gasteiger partial charge in [-0.05, 0) is 29.8 Å². The van der Waals surface area contributed by atoms with Gasteiger partial charge in [-0.1, -0.05) is 17.7 Å². The number of nitrogens with two attached hydrogens (primary N) is 1.